The number of hydrogen-bond donors (Lipinski definition) is 2. The largest absolute Gasteiger partial charge is 0.399 e. The van der Waals surface area contributed by atoms with Gasteiger partial charge >= 0.3 is 0 Å². The average molecular weight is 760 g/mol. The van der Waals surface area contributed by atoms with Crippen LogP contribution in [0, 0.1) is 0 Å². The molecule has 8 rings (SSSR count). The number of hydrogen-bond acceptors (Lipinski definition) is 8. The first-order chi connectivity index (χ1) is 25.3. The molecule has 0 radical (unpaired) electrons. The summed E-state index contributed by atoms with van der Waals surface area (Å²) < 4.78 is 27.6. The van der Waals surface area contributed by atoms with Gasteiger partial charge in [0.15, 0.2) is 0 Å². The number of imide groups is 2. The maximum Gasteiger partial charge on any atom is 0.266 e. The zero-order valence-electron chi connectivity index (χ0n) is 27.2. The number of nitrogens with two attached hydrogens (primary N) is 2. The highest BCUT2D eigenvalue weighted by atomic mass is 35.5. The van der Waals surface area contributed by atoms with Crippen molar-refractivity contribution in [2.24, 2.45) is 0 Å². The molecule has 0 atom stereocenters. The van der Waals surface area contributed by atoms with E-state index < -0.39 is 33.5 Å². The molecule has 4 amide bonds. The third-order valence-corrected chi connectivity index (χ3v) is 11.7. The molecule has 2 aliphatic rings. The molecule has 0 saturated heterocycles. The summed E-state index contributed by atoms with van der Waals surface area (Å²) in [5, 5.41) is -0.421. The standard InChI is InChI=1S/C40H24Cl2N4O6S/c41-33-20-28(12-15-35(33)46-38(48)30-14-6-24(18-32(30)40(46)50)22-3-9-26(44)10-4-22)53(51,52)36-16-11-27(19-34(36)42)45-37(47)29-13-5-23(17-31(29)39(45)49)21-1-7-25(43)8-2-21/h1-20H,43-44H2. The lowest BCUT2D eigenvalue weighted by atomic mass is 10.00. The molecule has 6 aromatic rings. The van der Waals surface area contributed by atoms with Crippen LogP contribution in [0.25, 0.3) is 22.3 Å². The van der Waals surface area contributed by atoms with Gasteiger partial charge in [0.05, 0.1) is 53.5 Å². The number of benzene rings is 6. The Morgan fingerprint density at radius 1 is 0.453 bits per heavy atom. The number of amides is 4. The normalized spacial score (nSPS) is 13.8. The van der Waals surface area contributed by atoms with E-state index in [1.165, 1.54) is 30.3 Å². The topological polar surface area (TPSA) is 161 Å². The molecular formula is C40H24Cl2N4O6S. The van der Waals surface area contributed by atoms with E-state index in [4.69, 9.17) is 34.7 Å². The Bertz CT molecular complexity index is 2720. The van der Waals surface area contributed by atoms with Gasteiger partial charge in [-0.05, 0) is 107 Å². The van der Waals surface area contributed by atoms with Crippen LogP contribution in [-0.4, -0.2) is 32.0 Å². The van der Waals surface area contributed by atoms with Crippen molar-refractivity contribution < 1.29 is 27.6 Å². The summed E-state index contributed by atoms with van der Waals surface area (Å²) in [5.41, 5.74) is 16.6. The lowest BCUT2D eigenvalue weighted by Crippen LogP contribution is -2.29. The summed E-state index contributed by atoms with van der Waals surface area (Å²) in [5.74, 6) is -2.41. The summed E-state index contributed by atoms with van der Waals surface area (Å²) in [6, 6.07) is 31.3. The Kier molecular flexibility index (Phi) is 7.95. The van der Waals surface area contributed by atoms with Crippen molar-refractivity contribution in [2.75, 3.05) is 21.3 Å². The van der Waals surface area contributed by atoms with E-state index in [9.17, 15) is 27.6 Å². The fourth-order valence-electron chi connectivity index (χ4n) is 6.46. The smallest absolute Gasteiger partial charge is 0.266 e. The number of nitrogens with zero attached hydrogens (tertiary/aromatic N) is 2. The zero-order valence-corrected chi connectivity index (χ0v) is 29.5. The van der Waals surface area contributed by atoms with Crippen LogP contribution < -0.4 is 21.3 Å². The van der Waals surface area contributed by atoms with Crippen molar-refractivity contribution in [3.8, 4) is 22.3 Å². The first kappa shape index (κ1) is 33.9. The summed E-state index contributed by atoms with van der Waals surface area (Å²) in [6.45, 7) is 0. The molecule has 0 fully saturated rings. The molecule has 2 aliphatic heterocycles. The molecule has 6 aromatic carbocycles. The first-order valence-electron chi connectivity index (χ1n) is 15.9. The quantitative estimate of drug-likeness (QED) is 0.128. The second kappa shape index (κ2) is 12.4. The number of carbonyl (C=O) groups is 4. The van der Waals surface area contributed by atoms with Gasteiger partial charge in [0.25, 0.3) is 23.6 Å². The number of fused-ring (bicyclic) bond motifs is 2. The van der Waals surface area contributed by atoms with Gasteiger partial charge in [0, 0.05) is 11.4 Å². The van der Waals surface area contributed by atoms with Gasteiger partial charge in [0.1, 0.15) is 0 Å². The summed E-state index contributed by atoms with van der Waals surface area (Å²) in [7, 11) is -4.32. The Morgan fingerprint density at radius 2 is 0.925 bits per heavy atom. The first-order valence-corrected chi connectivity index (χ1v) is 18.2. The monoisotopic (exact) mass is 758 g/mol. The van der Waals surface area contributed by atoms with Gasteiger partial charge in [-0.3, -0.25) is 19.2 Å². The van der Waals surface area contributed by atoms with Crippen molar-refractivity contribution in [2.45, 2.75) is 9.79 Å². The molecule has 0 saturated carbocycles. The summed E-state index contributed by atoms with van der Waals surface area (Å²) >= 11 is 13.1. The van der Waals surface area contributed by atoms with Crippen LogP contribution in [0.15, 0.2) is 131 Å². The molecule has 4 N–H and O–H groups in total. The fraction of sp³-hybridized carbons (Fsp3) is 0. The van der Waals surface area contributed by atoms with Gasteiger partial charge < -0.3 is 11.5 Å². The fourth-order valence-corrected chi connectivity index (χ4v) is 8.60. The minimum Gasteiger partial charge on any atom is -0.399 e. The Hall–Kier alpha value is -6.27. The van der Waals surface area contributed by atoms with Gasteiger partial charge in [-0.1, -0.05) is 59.6 Å². The molecule has 0 unspecified atom stereocenters. The molecule has 53 heavy (non-hydrogen) atoms. The Labute approximate surface area is 312 Å². The van der Waals surface area contributed by atoms with Crippen molar-refractivity contribution in [3.05, 3.63) is 154 Å². The van der Waals surface area contributed by atoms with Crippen LogP contribution in [-0.2, 0) is 9.84 Å². The van der Waals surface area contributed by atoms with Crippen molar-refractivity contribution in [1.29, 1.82) is 0 Å². The number of halogens is 2. The predicted octanol–water partition coefficient (Wildman–Crippen LogP) is 7.93. The van der Waals surface area contributed by atoms with Crippen molar-refractivity contribution >= 4 is 79.4 Å². The number of sulfone groups is 1. The minimum absolute atomic E-state index is 0.00234. The average Bonchev–Trinajstić information content (AvgIpc) is 3.54. The lowest BCUT2D eigenvalue weighted by molar-refractivity contribution is 0.0910. The van der Waals surface area contributed by atoms with E-state index in [1.807, 2.05) is 0 Å². The van der Waals surface area contributed by atoms with E-state index in [0.29, 0.717) is 22.5 Å². The van der Waals surface area contributed by atoms with Gasteiger partial charge in [0.2, 0.25) is 9.84 Å². The molecule has 0 bridgehead atoms. The SMILES string of the molecule is Nc1ccc(-c2ccc3c(c2)C(=O)N(c2ccc(S(=O)(=O)c4ccc(N5C(=O)c6ccc(-c7ccc(N)cc7)cc6C5=O)c(Cl)c4)c(Cl)c2)C3=O)cc1. The van der Waals surface area contributed by atoms with Crippen LogP contribution in [0.5, 0.6) is 0 Å². The molecule has 2 heterocycles. The van der Waals surface area contributed by atoms with Crippen LogP contribution in [0.3, 0.4) is 0 Å². The highest BCUT2D eigenvalue weighted by Gasteiger charge is 2.39. The van der Waals surface area contributed by atoms with Crippen LogP contribution in [0.1, 0.15) is 41.4 Å². The highest BCUT2D eigenvalue weighted by Crippen LogP contribution is 2.40. The molecule has 0 aliphatic carbocycles. The van der Waals surface area contributed by atoms with Crippen molar-refractivity contribution in [3.63, 3.8) is 0 Å². The summed E-state index contributed by atoms with van der Waals surface area (Å²) in [6.07, 6.45) is 0. The lowest BCUT2D eigenvalue weighted by Gasteiger charge is -2.17. The zero-order chi connectivity index (χ0) is 37.3. The third-order valence-electron chi connectivity index (χ3n) is 9.19. The molecule has 13 heteroatoms. The Morgan fingerprint density at radius 3 is 1.43 bits per heavy atom. The van der Waals surface area contributed by atoms with E-state index >= 15 is 0 Å². The van der Waals surface area contributed by atoms with Crippen molar-refractivity contribution in [1.82, 2.24) is 0 Å². The molecule has 0 spiro atoms. The maximum absolute atomic E-state index is 13.8. The van der Waals surface area contributed by atoms with Crippen LogP contribution in [0.4, 0.5) is 22.7 Å². The van der Waals surface area contributed by atoms with E-state index in [2.05, 4.69) is 0 Å². The summed E-state index contributed by atoms with van der Waals surface area (Å²) in [4.78, 5) is 55.0. The van der Waals surface area contributed by atoms with Gasteiger partial charge in [-0.15, -0.1) is 0 Å². The Balaban J connectivity index is 1.05. The number of rotatable bonds is 6. The number of nitrogen functional groups attached to an aromatic ring is 2. The predicted molar refractivity (Wildman–Crippen MR) is 203 cm³/mol. The van der Waals surface area contributed by atoms with Gasteiger partial charge in [-0.2, -0.15) is 0 Å². The molecular weight excluding hydrogens is 735 g/mol. The maximum atomic E-state index is 13.8. The molecule has 0 aromatic heterocycles. The van der Waals surface area contributed by atoms with Crippen LogP contribution in [0.2, 0.25) is 10.0 Å². The highest BCUT2D eigenvalue weighted by molar-refractivity contribution is 7.91. The second-order valence-electron chi connectivity index (χ2n) is 12.4. The molecule has 260 valence electrons. The van der Waals surface area contributed by atoms with Crippen LogP contribution >= 0.6 is 23.2 Å². The van der Waals surface area contributed by atoms with E-state index in [1.54, 1.807) is 84.9 Å². The number of carbonyl (C=O) groups excluding carboxylic acids is 4. The minimum atomic E-state index is -4.32. The van der Waals surface area contributed by atoms with E-state index in [-0.39, 0.29) is 53.5 Å². The molecule has 10 nitrogen and oxygen atoms in total. The van der Waals surface area contributed by atoms with E-state index in [0.717, 1.165) is 27.0 Å². The third kappa shape index (κ3) is 5.53. The van der Waals surface area contributed by atoms with Gasteiger partial charge in [-0.25, -0.2) is 18.2 Å². The number of anilines is 4. The second-order valence-corrected chi connectivity index (χ2v) is 15.1.